The lowest BCUT2D eigenvalue weighted by Crippen LogP contribution is -2.48. The fraction of sp³-hybridized carbons (Fsp3) is 0.350. The highest BCUT2D eigenvalue weighted by atomic mass is 35.5. The molecule has 1 aromatic carbocycles. The fourth-order valence-corrected chi connectivity index (χ4v) is 3.14. The van der Waals surface area contributed by atoms with Crippen molar-refractivity contribution >= 4 is 42.3 Å². The lowest BCUT2D eigenvalue weighted by Gasteiger charge is -2.35. The molecule has 0 unspecified atom stereocenters. The lowest BCUT2D eigenvalue weighted by atomic mass is 10.1. The Morgan fingerprint density at radius 2 is 1.72 bits per heavy atom. The minimum absolute atomic E-state index is 0. The Morgan fingerprint density at radius 1 is 1.07 bits per heavy atom. The number of hydrogen-bond acceptors (Lipinski definition) is 6. The summed E-state index contributed by atoms with van der Waals surface area (Å²) in [4.78, 5) is 31.7. The molecular weight excluding hydrogens is 417 g/mol. The van der Waals surface area contributed by atoms with Crippen LogP contribution in [0.15, 0.2) is 42.7 Å². The van der Waals surface area contributed by atoms with Gasteiger partial charge in [0.15, 0.2) is 12.4 Å². The molecule has 1 N–H and O–H groups in total. The molecule has 0 spiro atoms. The number of hydrogen-bond donors (Lipinski definition) is 1. The van der Waals surface area contributed by atoms with Gasteiger partial charge in [-0.05, 0) is 42.8 Å². The molecule has 2 heterocycles. The zero-order chi connectivity index (χ0) is 19.2. The highest BCUT2D eigenvalue weighted by molar-refractivity contribution is 5.98. The van der Waals surface area contributed by atoms with Crippen LogP contribution in [0.5, 0.6) is 5.75 Å². The van der Waals surface area contributed by atoms with Gasteiger partial charge in [-0.3, -0.25) is 14.7 Å². The zero-order valence-electron chi connectivity index (χ0n) is 16.1. The van der Waals surface area contributed by atoms with Crippen molar-refractivity contribution < 1.29 is 19.4 Å². The number of ether oxygens (including phenoxy) is 1. The van der Waals surface area contributed by atoms with Gasteiger partial charge in [0.05, 0.1) is 6.54 Å². The molecule has 0 amide bonds. The summed E-state index contributed by atoms with van der Waals surface area (Å²) in [5, 5.41) is 8.69. The lowest BCUT2D eigenvalue weighted by molar-refractivity contribution is -0.139. The van der Waals surface area contributed by atoms with Crippen LogP contribution in [0.2, 0.25) is 0 Å². The predicted octanol–water partition coefficient (Wildman–Crippen LogP) is 2.70. The minimum Gasteiger partial charge on any atom is -0.482 e. The van der Waals surface area contributed by atoms with Crippen molar-refractivity contribution in [3.05, 3.63) is 53.9 Å². The number of piperazine rings is 1. The van der Waals surface area contributed by atoms with E-state index in [2.05, 4.69) is 14.8 Å². The van der Waals surface area contributed by atoms with Gasteiger partial charge in [-0.15, -0.1) is 24.8 Å². The van der Waals surface area contributed by atoms with Crippen LogP contribution in [-0.2, 0) is 4.79 Å². The average molecular weight is 442 g/mol. The molecule has 0 atom stereocenters. The fourth-order valence-electron chi connectivity index (χ4n) is 3.14. The number of benzene rings is 1. The number of aliphatic carboxylic acids is 1. The predicted molar refractivity (Wildman–Crippen MR) is 116 cm³/mol. The van der Waals surface area contributed by atoms with Crippen molar-refractivity contribution in [1.29, 1.82) is 0 Å². The quantitative estimate of drug-likeness (QED) is 0.661. The summed E-state index contributed by atoms with van der Waals surface area (Å²) in [6.07, 6.45) is 3.58. The van der Waals surface area contributed by atoms with Crippen LogP contribution in [0.1, 0.15) is 15.9 Å². The van der Waals surface area contributed by atoms with E-state index in [1.54, 1.807) is 37.5 Å². The van der Waals surface area contributed by atoms with E-state index in [0.29, 0.717) is 17.9 Å². The molecule has 9 heteroatoms. The third-order valence-electron chi connectivity index (χ3n) is 4.62. The van der Waals surface area contributed by atoms with Gasteiger partial charge in [0.2, 0.25) is 0 Å². The van der Waals surface area contributed by atoms with Crippen molar-refractivity contribution in [2.45, 2.75) is 6.92 Å². The Labute approximate surface area is 182 Å². The van der Waals surface area contributed by atoms with Crippen LogP contribution in [0.25, 0.3) is 0 Å². The summed E-state index contributed by atoms with van der Waals surface area (Å²) >= 11 is 0. The second kappa shape index (κ2) is 11.6. The van der Waals surface area contributed by atoms with Crippen molar-refractivity contribution in [2.24, 2.45) is 0 Å². The molecule has 0 bridgehead atoms. The molecule has 0 aliphatic carbocycles. The van der Waals surface area contributed by atoms with Crippen molar-refractivity contribution in [2.75, 3.05) is 44.2 Å². The van der Waals surface area contributed by atoms with E-state index < -0.39 is 12.6 Å². The Hall–Kier alpha value is -2.35. The number of carboxylic acid groups (broad SMARTS) is 1. The monoisotopic (exact) mass is 441 g/mol. The van der Waals surface area contributed by atoms with E-state index >= 15 is 0 Å². The molecule has 1 aliphatic heterocycles. The summed E-state index contributed by atoms with van der Waals surface area (Å²) in [7, 11) is 0. The van der Waals surface area contributed by atoms with Crippen LogP contribution < -0.4 is 9.64 Å². The van der Waals surface area contributed by atoms with Gasteiger partial charge >= 0.3 is 5.97 Å². The number of aromatic nitrogens is 1. The molecule has 3 rings (SSSR count). The first kappa shape index (κ1) is 24.7. The van der Waals surface area contributed by atoms with Crippen LogP contribution in [0.4, 0.5) is 5.69 Å². The second-order valence-electron chi connectivity index (χ2n) is 6.55. The number of carboxylic acids is 1. The van der Waals surface area contributed by atoms with Crippen LogP contribution >= 0.6 is 24.8 Å². The first-order chi connectivity index (χ1) is 13.0. The molecule has 2 aromatic rings. The summed E-state index contributed by atoms with van der Waals surface area (Å²) < 4.78 is 5.21. The van der Waals surface area contributed by atoms with Crippen LogP contribution in [0, 0.1) is 6.92 Å². The number of pyridine rings is 1. The summed E-state index contributed by atoms with van der Waals surface area (Å²) in [6, 6.07) is 9.11. The van der Waals surface area contributed by atoms with E-state index in [-0.39, 0.29) is 30.6 Å². The average Bonchev–Trinajstić information content (AvgIpc) is 2.68. The maximum absolute atomic E-state index is 12.6. The van der Waals surface area contributed by atoms with Gasteiger partial charge in [0.1, 0.15) is 5.75 Å². The molecule has 1 aliphatic rings. The van der Waals surface area contributed by atoms with E-state index in [4.69, 9.17) is 9.84 Å². The number of ketones is 1. The molecule has 158 valence electrons. The van der Waals surface area contributed by atoms with Crippen LogP contribution in [-0.4, -0.2) is 66.1 Å². The van der Waals surface area contributed by atoms with Gasteiger partial charge in [-0.2, -0.15) is 0 Å². The number of Topliss-reactive ketones (excluding diaryl/α,β-unsaturated/α-hetero) is 1. The van der Waals surface area contributed by atoms with E-state index in [0.717, 1.165) is 37.4 Å². The maximum atomic E-state index is 12.6. The number of rotatable bonds is 7. The molecule has 1 aromatic heterocycles. The Balaban J connectivity index is 0.00000210. The van der Waals surface area contributed by atoms with Gasteiger partial charge in [0, 0.05) is 49.8 Å². The van der Waals surface area contributed by atoms with E-state index in [9.17, 15) is 9.59 Å². The number of anilines is 1. The molecule has 1 fully saturated rings. The normalized spacial score (nSPS) is 13.8. The molecule has 0 radical (unpaired) electrons. The molecule has 1 saturated heterocycles. The van der Waals surface area contributed by atoms with Crippen LogP contribution in [0.3, 0.4) is 0 Å². The third-order valence-corrected chi connectivity index (χ3v) is 4.62. The van der Waals surface area contributed by atoms with Crippen molar-refractivity contribution in [3.8, 4) is 5.75 Å². The molecule has 29 heavy (non-hydrogen) atoms. The third kappa shape index (κ3) is 6.88. The van der Waals surface area contributed by atoms with E-state index in [1.165, 1.54) is 0 Å². The maximum Gasteiger partial charge on any atom is 0.341 e. The number of aryl methyl sites for hydroxylation is 1. The van der Waals surface area contributed by atoms with Crippen molar-refractivity contribution in [1.82, 2.24) is 9.88 Å². The number of nitrogens with zero attached hydrogens (tertiary/aromatic N) is 3. The van der Waals surface area contributed by atoms with E-state index in [1.807, 2.05) is 12.1 Å². The van der Waals surface area contributed by atoms with Gasteiger partial charge in [-0.1, -0.05) is 0 Å². The summed E-state index contributed by atoms with van der Waals surface area (Å²) in [6.45, 7) is 5.19. The smallest absolute Gasteiger partial charge is 0.341 e. The minimum atomic E-state index is -1.03. The number of carbonyl (C=O) groups is 2. The topological polar surface area (TPSA) is 83.0 Å². The molecule has 7 nitrogen and oxygen atoms in total. The number of halogens is 2. The van der Waals surface area contributed by atoms with Gasteiger partial charge in [0.25, 0.3) is 0 Å². The largest absolute Gasteiger partial charge is 0.482 e. The van der Waals surface area contributed by atoms with Gasteiger partial charge in [-0.25, -0.2) is 4.79 Å². The second-order valence-corrected chi connectivity index (χ2v) is 6.55. The summed E-state index contributed by atoms with van der Waals surface area (Å²) in [5.41, 5.74) is 2.53. The standard InChI is InChI=1S/C20H23N3O4.2ClH/c1-15-12-16(2-3-19(15)27-14-20(25)26)18(24)13-22-8-10-23(11-9-22)17-4-6-21-7-5-17;;/h2-7,12H,8-11,13-14H2,1H3,(H,25,26);2*1H. The highest BCUT2D eigenvalue weighted by Gasteiger charge is 2.20. The Morgan fingerprint density at radius 3 is 2.31 bits per heavy atom. The first-order valence-electron chi connectivity index (χ1n) is 8.88. The molecular formula is C20H25Cl2N3O4. The SMILES string of the molecule is Cc1cc(C(=O)CN2CCN(c3ccncc3)CC2)ccc1OCC(=O)O.Cl.Cl. The zero-order valence-corrected chi connectivity index (χ0v) is 17.7. The Bertz CT molecular complexity index is 813. The highest BCUT2D eigenvalue weighted by Crippen LogP contribution is 2.20. The molecule has 0 saturated carbocycles. The first-order valence-corrected chi connectivity index (χ1v) is 8.88. The summed E-state index contributed by atoms with van der Waals surface area (Å²) in [5.74, 6) is -0.486. The number of carbonyl (C=O) groups excluding carboxylic acids is 1. The van der Waals surface area contributed by atoms with Crippen molar-refractivity contribution in [3.63, 3.8) is 0 Å². The Kier molecular flexibility index (Phi) is 9.88. The van der Waals surface area contributed by atoms with Gasteiger partial charge < -0.3 is 14.7 Å².